The molecule has 8 nitrogen and oxygen atoms in total. The first-order valence-corrected chi connectivity index (χ1v) is 10.8. The summed E-state index contributed by atoms with van der Waals surface area (Å²) < 4.78 is 1.75. The van der Waals surface area contributed by atoms with Crippen molar-refractivity contribution in [2.45, 2.75) is 51.6 Å². The number of unbranched alkanes of at least 4 members (excludes halogenated alkanes) is 1. The smallest absolute Gasteiger partial charge is 0.239 e. The second-order valence-corrected chi connectivity index (χ2v) is 7.78. The van der Waals surface area contributed by atoms with E-state index in [1.165, 1.54) is 0 Å². The van der Waals surface area contributed by atoms with Crippen LogP contribution in [0.3, 0.4) is 0 Å². The number of nitrogens with two attached hydrogens (primary N) is 1. The number of amides is 3. The molecule has 1 heterocycles. The normalized spacial score (nSPS) is 12.7. The Morgan fingerprint density at radius 1 is 1.19 bits per heavy atom. The molecule has 0 bridgehead atoms. The Labute approximate surface area is 183 Å². The maximum atomic E-state index is 13.0. The van der Waals surface area contributed by atoms with Crippen molar-refractivity contribution in [2.24, 2.45) is 11.7 Å². The van der Waals surface area contributed by atoms with E-state index in [2.05, 4.69) is 10.4 Å². The maximum Gasteiger partial charge on any atom is 0.239 e. The van der Waals surface area contributed by atoms with Gasteiger partial charge in [0.1, 0.15) is 6.04 Å². The number of nitrogens with zero attached hydrogens (tertiary/aromatic N) is 3. The third-order valence-corrected chi connectivity index (χ3v) is 5.27. The lowest BCUT2D eigenvalue weighted by molar-refractivity contribution is -0.136. The summed E-state index contributed by atoms with van der Waals surface area (Å²) in [5.74, 6) is -1.60. The first kappa shape index (κ1) is 24.1. The van der Waals surface area contributed by atoms with E-state index in [0.29, 0.717) is 25.9 Å². The lowest BCUT2D eigenvalue weighted by Crippen LogP contribution is -2.47. The fourth-order valence-electron chi connectivity index (χ4n) is 3.32. The summed E-state index contributed by atoms with van der Waals surface area (Å²) in [5, 5.41) is 6.91. The predicted molar refractivity (Wildman–Crippen MR) is 119 cm³/mol. The third kappa shape index (κ3) is 8.24. The van der Waals surface area contributed by atoms with Crippen LogP contribution in [0.5, 0.6) is 0 Å². The minimum atomic E-state index is -0.724. The standard InChI is InChI=1S/C23H33N5O3/c1-3-4-11-20(22(24)30)26-23(31)19(16-18-9-6-5-7-10-18)17-21(29)27(2)14-15-28-13-8-12-25-28/h5-10,12-13,19-20H,3-4,11,14-17H2,1-2H3,(H2,24,30)(H,26,31). The summed E-state index contributed by atoms with van der Waals surface area (Å²) in [6.07, 6.45) is 6.16. The van der Waals surface area contributed by atoms with Crippen molar-refractivity contribution in [3.05, 3.63) is 54.4 Å². The van der Waals surface area contributed by atoms with Gasteiger partial charge in [-0.3, -0.25) is 19.1 Å². The van der Waals surface area contributed by atoms with E-state index in [0.717, 1.165) is 18.4 Å². The monoisotopic (exact) mass is 427 g/mol. The zero-order chi connectivity index (χ0) is 22.6. The molecule has 0 radical (unpaired) electrons. The molecular weight excluding hydrogens is 394 g/mol. The molecule has 3 amide bonds. The number of rotatable bonds is 13. The average Bonchev–Trinajstić information content (AvgIpc) is 3.28. The van der Waals surface area contributed by atoms with E-state index in [-0.39, 0.29) is 18.2 Å². The number of hydrogen-bond donors (Lipinski definition) is 2. The predicted octanol–water partition coefficient (Wildman–Crippen LogP) is 1.75. The molecule has 0 aliphatic rings. The van der Waals surface area contributed by atoms with Gasteiger partial charge in [0, 0.05) is 32.4 Å². The highest BCUT2D eigenvalue weighted by Gasteiger charge is 2.27. The SMILES string of the molecule is CCCCC(NC(=O)C(CC(=O)N(C)CCn1cccn1)Cc1ccccc1)C(N)=O. The molecule has 3 N–H and O–H groups in total. The van der Waals surface area contributed by atoms with Crippen molar-refractivity contribution in [1.29, 1.82) is 0 Å². The second-order valence-electron chi connectivity index (χ2n) is 7.78. The van der Waals surface area contributed by atoms with Crippen LogP contribution in [-0.4, -0.2) is 52.0 Å². The quantitative estimate of drug-likeness (QED) is 0.507. The van der Waals surface area contributed by atoms with Gasteiger partial charge in [0.15, 0.2) is 0 Å². The van der Waals surface area contributed by atoms with Crippen LogP contribution in [0.15, 0.2) is 48.8 Å². The third-order valence-electron chi connectivity index (χ3n) is 5.27. The van der Waals surface area contributed by atoms with Gasteiger partial charge in [-0.2, -0.15) is 5.10 Å². The van der Waals surface area contributed by atoms with E-state index in [4.69, 9.17) is 5.73 Å². The molecule has 0 spiro atoms. The number of aromatic nitrogens is 2. The molecule has 168 valence electrons. The minimum Gasteiger partial charge on any atom is -0.368 e. The fourth-order valence-corrected chi connectivity index (χ4v) is 3.32. The molecule has 0 aliphatic heterocycles. The van der Waals surface area contributed by atoms with Crippen LogP contribution in [0.2, 0.25) is 0 Å². The van der Waals surface area contributed by atoms with Gasteiger partial charge in [-0.25, -0.2) is 0 Å². The van der Waals surface area contributed by atoms with Gasteiger partial charge in [0.05, 0.1) is 12.5 Å². The van der Waals surface area contributed by atoms with Crippen LogP contribution in [-0.2, 0) is 27.3 Å². The Bertz CT molecular complexity index is 823. The van der Waals surface area contributed by atoms with Gasteiger partial charge in [0.25, 0.3) is 0 Å². The van der Waals surface area contributed by atoms with Crippen LogP contribution in [0, 0.1) is 5.92 Å². The highest BCUT2D eigenvalue weighted by molar-refractivity contribution is 5.90. The first-order valence-electron chi connectivity index (χ1n) is 10.8. The lowest BCUT2D eigenvalue weighted by Gasteiger charge is -2.23. The summed E-state index contributed by atoms with van der Waals surface area (Å²) >= 11 is 0. The molecular formula is C23H33N5O3. The van der Waals surface area contributed by atoms with Gasteiger partial charge in [0.2, 0.25) is 17.7 Å². The molecule has 2 rings (SSSR count). The largest absolute Gasteiger partial charge is 0.368 e. The van der Waals surface area contributed by atoms with Gasteiger partial charge in [-0.1, -0.05) is 50.1 Å². The number of carbonyl (C=O) groups excluding carboxylic acids is 3. The Hall–Kier alpha value is -3.16. The Morgan fingerprint density at radius 2 is 1.94 bits per heavy atom. The maximum absolute atomic E-state index is 13.0. The highest BCUT2D eigenvalue weighted by Crippen LogP contribution is 2.15. The molecule has 0 saturated carbocycles. The zero-order valence-corrected chi connectivity index (χ0v) is 18.4. The van der Waals surface area contributed by atoms with Gasteiger partial charge in [-0.05, 0) is 24.5 Å². The van der Waals surface area contributed by atoms with E-state index < -0.39 is 17.9 Å². The molecule has 31 heavy (non-hydrogen) atoms. The molecule has 0 aliphatic carbocycles. The van der Waals surface area contributed by atoms with E-state index >= 15 is 0 Å². The number of carbonyl (C=O) groups is 3. The molecule has 1 aromatic heterocycles. The van der Waals surface area contributed by atoms with Gasteiger partial charge >= 0.3 is 0 Å². The Balaban J connectivity index is 2.04. The van der Waals surface area contributed by atoms with Gasteiger partial charge in [-0.15, -0.1) is 0 Å². The van der Waals surface area contributed by atoms with Crippen LogP contribution >= 0.6 is 0 Å². The molecule has 0 fully saturated rings. The molecule has 2 unspecified atom stereocenters. The van der Waals surface area contributed by atoms with Crippen LogP contribution in [0.1, 0.15) is 38.2 Å². The molecule has 0 saturated heterocycles. The summed E-state index contributed by atoms with van der Waals surface area (Å²) in [6.45, 7) is 3.07. The van der Waals surface area contributed by atoms with Crippen molar-refractivity contribution in [3.8, 4) is 0 Å². The molecule has 1 aromatic carbocycles. The summed E-state index contributed by atoms with van der Waals surface area (Å²) in [6, 6.07) is 10.7. The van der Waals surface area contributed by atoms with Crippen molar-refractivity contribution in [3.63, 3.8) is 0 Å². The number of primary amides is 1. The summed E-state index contributed by atoms with van der Waals surface area (Å²) in [5.41, 5.74) is 6.43. The average molecular weight is 428 g/mol. The number of likely N-dealkylation sites (N-methyl/N-ethyl adjacent to an activating group) is 1. The van der Waals surface area contributed by atoms with Crippen molar-refractivity contribution in [1.82, 2.24) is 20.0 Å². The second kappa shape index (κ2) is 12.5. The fraction of sp³-hybridized carbons (Fsp3) is 0.478. The van der Waals surface area contributed by atoms with E-state index in [9.17, 15) is 14.4 Å². The Kier molecular flexibility index (Phi) is 9.74. The minimum absolute atomic E-state index is 0.0512. The molecule has 2 atom stereocenters. The zero-order valence-electron chi connectivity index (χ0n) is 18.4. The van der Waals surface area contributed by atoms with Crippen LogP contribution in [0.25, 0.3) is 0 Å². The van der Waals surface area contributed by atoms with Gasteiger partial charge < -0.3 is 16.0 Å². The van der Waals surface area contributed by atoms with E-state index in [1.807, 2.05) is 49.5 Å². The topological polar surface area (TPSA) is 110 Å². The molecule has 8 heteroatoms. The van der Waals surface area contributed by atoms with Crippen molar-refractivity contribution < 1.29 is 14.4 Å². The van der Waals surface area contributed by atoms with Crippen LogP contribution in [0.4, 0.5) is 0 Å². The lowest BCUT2D eigenvalue weighted by atomic mass is 9.94. The summed E-state index contributed by atoms with van der Waals surface area (Å²) in [4.78, 5) is 39.2. The number of nitrogens with one attached hydrogen (secondary N) is 1. The first-order chi connectivity index (χ1) is 14.9. The van der Waals surface area contributed by atoms with Crippen molar-refractivity contribution >= 4 is 17.7 Å². The van der Waals surface area contributed by atoms with Crippen LogP contribution < -0.4 is 11.1 Å². The van der Waals surface area contributed by atoms with E-state index in [1.54, 1.807) is 22.8 Å². The molecule has 2 aromatic rings. The summed E-state index contributed by atoms with van der Waals surface area (Å²) in [7, 11) is 1.72. The highest BCUT2D eigenvalue weighted by atomic mass is 16.2. The number of benzene rings is 1. The number of hydrogen-bond acceptors (Lipinski definition) is 4. The van der Waals surface area contributed by atoms with Crippen molar-refractivity contribution in [2.75, 3.05) is 13.6 Å². The Morgan fingerprint density at radius 3 is 2.55 bits per heavy atom.